The summed E-state index contributed by atoms with van der Waals surface area (Å²) in [5, 5.41) is 0. The number of carbonyl (C=O) groups excluding carboxylic acids is 1. The fraction of sp³-hybridized carbons (Fsp3) is 0.600. The Morgan fingerprint density at radius 1 is 1.24 bits per heavy atom. The van der Waals surface area contributed by atoms with Crippen LogP contribution in [0.5, 0.6) is 0 Å². The first-order valence-electron chi connectivity index (χ1n) is 7.60. The Bertz CT molecular complexity index is 434. The summed E-state index contributed by atoms with van der Waals surface area (Å²) in [6, 6.07) is 1.70. The van der Waals surface area contributed by atoms with Crippen LogP contribution in [-0.2, 0) is 0 Å². The summed E-state index contributed by atoms with van der Waals surface area (Å²) >= 11 is 0. The topological polar surface area (TPSA) is 74.5 Å². The molecule has 0 spiro atoms. The molecule has 1 amide bonds. The minimum absolute atomic E-state index is 0.00704. The molecule has 0 radical (unpaired) electrons. The summed E-state index contributed by atoms with van der Waals surface area (Å²) in [6.45, 7) is 10.8. The van der Waals surface area contributed by atoms with E-state index in [0.29, 0.717) is 17.8 Å². The van der Waals surface area contributed by atoms with E-state index in [0.717, 1.165) is 32.6 Å². The van der Waals surface area contributed by atoms with Crippen molar-refractivity contribution in [3.63, 3.8) is 0 Å². The molecule has 3 N–H and O–H groups in total. The first-order valence-corrected chi connectivity index (χ1v) is 7.60. The SMILES string of the molecule is CCN(CC)CCCN(CC)C(=O)c1ccncc1NN. The van der Waals surface area contributed by atoms with Gasteiger partial charge in [-0.1, -0.05) is 13.8 Å². The number of hydrogen-bond acceptors (Lipinski definition) is 5. The fourth-order valence-electron chi connectivity index (χ4n) is 2.29. The molecule has 1 heterocycles. The number of anilines is 1. The maximum absolute atomic E-state index is 12.6. The summed E-state index contributed by atoms with van der Waals surface area (Å²) in [5.74, 6) is 5.43. The van der Waals surface area contributed by atoms with E-state index in [-0.39, 0.29) is 5.91 Å². The third-order valence-corrected chi connectivity index (χ3v) is 3.67. The fourth-order valence-corrected chi connectivity index (χ4v) is 2.29. The summed E-state index contributed by atoms with van der Waals surface area (Å²) in [6.07, 6.45) is 4.15. The Balaban J connectivity index is 2.65. The first kappa shape index (κ1) is 17.4. The average molecular weight is 293 g/mol. The van der Waals surface area contributed by atoms with Gasteiger partial charge < -0.3 is 15.2 Å². The van der Waals surface area contributed by atoms with Gasteiger partial charge in [-0.2, -0.15) is 0 Å². The predicted octanol–water partition coefficient (Wildman–Crippen LogP) is 1.56. The molecule has 0 aromatic carbocycles. The van der Waals surface area contributed by atoms with E-state index in [4.69, 9.17) is 5.84 Å². The summed E-state index contributed by atoms with van der Waals surface area (Å²) in [7, 11) is 0. The summed E-state index contributed by atoms with van der Waals surface area (Å²) in [4.78, 5) is 20.7. The molecule has 0 saturated carbocycles. The van der Waals surface area contributed by atoms with Crippen LogP contribution in [0, 0.1) is 0 Å². The van der Waals surface area contributed by atoms with Gasteiger partial charge in [0.05, 0.1) is 17.4 Å². The van der Waals surface area contributed by atoms with Gasteiger partial charge in [-0.25, -0.2) is 0 Å². The van der Waals surface area contributed by atoms with Crippen LogP contribution in [0.3, 0.4) is 0 Å². The molecule has 0 aliphatic rings. The lowest BCUT2D eigenvalue weighted by molar-refractivity contribution is 0.0758. The number of pyridine rings is 1. The van der Waals surface area contributed by atoms with Crippen LogP contribution in [-0.4, -0.2) is 53.4 Å². The zero-order chi connectivity index (χ0) is 15.7. The molecular formula is C15H27N5O. The molecule has 21 heavy (non-hydrogen) atoms. The number of aromatic nitrogens is 1. The quantitative estimate of drug-likeness (QED) is 0.534. The number of hydrogen-bond donors (Lipinski definition) is 2. The second-order valence-corrected chi connectivity index (χ2v) is 4.83. The Kier molecular flexibility index (Phi) is 7.71. The van der Waals surface area contributed by atoms with Crippen LogP contribution in [0.4, 0.5) is 5.69 Å². The van der Waals surface area contributed by atoms with Crippen molar-refractivity contribution in [3.8, 4) is 0 Å². The van der Waals surface area contributed by atoms with Crippen LogP contribution >= 0.6 is 0 Å². The highest BCUT2D eigenvalue weighted by atomic mass is 16.2. The van der Waals surface area contributed by atoms with Crippen molar-refractivity contribution in [2.75, 3.05) is 38.1 Å². The van der Waals surface area contributed by atoms with Gasteiger partial charge in [-0.15, -0.1) is 0 Å². The van der Waals surface area contributed by atoms with Gasteiger partial charge in [0.25, 0.3) is 5.91 Å². The maximum atomic E-state index is 12.6. The molecule has 1 aromatic heterocycles. The molecule has 0 saturated heterocycles. The Morgan fingerprint density at radius 3 is 2.52 bits per heavy atom. The molecule has 0 bridgehead atoms. The standard InChI is InChI=1S/C15H27N5O/c1-4-19(5-2)10-7-11-20(6-3)15(21)13-8-9-17-12-14(13)18-16/h8-9,12,18H,4-7,10-11,16H2,1-3H3. The van der Waals surface area contributed by atoms with Crippen molar-refractivity contribution in [1.29, 1.82) is 0 Å². The third-order valence-electron chi connectivity index (χ3n) is 3.67. The van der Waals surface area contributed by atoms with Crippen molar-refractivity contribution in [2.45, 2.75) is 27.2 Å². The molecule has 0 aliphatic heterocycles. The van der Waals surface area contributed by atoms with E-state index in [2.05, 4.69) is 29.2 Å². The molecule has 6 nitrogen and oxygen atoms in total. The largest absolute Gasteiger partial charge is 0.339 e. The zero-order valence-corrected chi connectivity index (χ0v) is 13.3. The smallest absolute Gasteiger partial charge is 0.256 e. The lowest BCUT2D eigenvalue weighted by Gasteiger charge is -2.24. The van der Waals surface area contributed by atoms with Gasteiger partial charge >= 0.3 is 0 Å². The van der Waals surface area contributed by atoms with Crippen LogP contribution in [0.2, 0.25) is 0 Å². The van der Waals surface area contributed by atoms with Crippen LogP contribution in [0.15, 0.2) is 18.5 Å². The number of carbonyl (C=O) groups is 1. The van der Waals surface area contributed by atoms with E-state index in [1.165, 1.54) is 0 Å². The Morgan fingerprint density at radius 2 is 1.95 bits per heavy atom. The predicted molar refractivity (Wildman–Crippen MR) is 86.0 cm³/mol. The Hall–Kier alpha value is -1.66. The van der Waals surface area contributed by atoms with Gasteiger partial charge in [-0.3, -0.25) is 15.6 Å². The number of amides is 1. The van der Waals surface area contributed by atoms with Crippen molar-refractivity contribution < 1.29 is 4.79 Å². The first-order chi connectivity index (χ1) is 10.2. The van der Waals surface area contributed by atoms with Gasteiger partial charge in [0.1, 0.15) is 0 Å². The highest BCUT2D eigenvalue weighted by Gasteiger charge is 2.17. The highest BCUT2D eigenvalue weighted by molar-refractivity contribution is 5.99. The molecule has 0 unspecified atom stereocenters. The van der Waals surface area contributed by atoms with Crippen LogP contribution < -0.4 is 11.3 Å². The summed E-state index contributed by atoms with van der Waals surface area (Å²) < 4.78 is 0. The number of nitrogen functional groups attached to an aromatic ring is 1. The molecule has 1 aromatic rings. The normalized spacial score (nSPS) is 10.7. The minimum Gasteiger partial charge on any atom is -0.339 e. The van der Waals surface area contributed by atoms with E-state index >= 15 is 0 Å². The van der Waals surface area contributed by atoms with Gasteiger partial charge in [0.2, 0.25) is 0 Å². The lowest BCUT2D eigenvalue weighted by Crippen LogP contribution is -2.35. The molecule has 6 heteroatoms. The van der Waals surface area contributed by atoms with Crippen molar-refractivity contribution in [3.05, 3.63) is 24.0 Å². The third kappa shape index (κ3) is 4.99. The monoisotopic (exact) mass is 293 g/mol. The number of nitrogens with one attached hydrogen (secondary N) is 1. The number of hydrazine groups is 1. The van der Waals surface area contributed by atoms with E-state index < -0.39 is 0 Å². The molecule has 0 atom stereocenters. The average Bonchev–Trinajstić information content (AvgIpc) is 2.54. The summed E-state index contributed by atoms with van der Waals surface area (Å²) in [5.41, 5.74) is 3.66. The van der Waals surface area contributed by atoms with Crippen LogP contribution in [0.25, 0.3) is 0 Å². The van der Waals surface area contributed by atoms with Crippen molar-refractivity contribution >= 4 is 11.6 Å². The van der Waals surface area contributed by atoms with E-state index in [9.17, 15) is 4.79 Å². The van der Waals surface area contributed by atoms with Gasteiger partial charge in [0.15, 0.2) is 0 Å². The van der Waals surface area contributed by atoms with Gasteiger partial charge in [0, 0.05) is 19.3 Å². The number of nitrogens with two attached hydrogens (primary N) is 1. The molecule has 1 rings (SSSR count). The van der Waals surface area contributed by atoms with Gasteiger partial charge in [-0.05, 0) is 39.0 Å². The maximum Gasteiger partial charge on any atom is 0.256 e. The van der Waals surface area contributed by atoms with Crippen molar-refractivity contribution in [2.24, 2.45) is 5.84 Å². The molecule has 0 aliphatic carbocycles. The Labute approximate surface area is 127 Å². The second-order valence-electron chi connectivity index (χ2n) is 4.83. The van der Waals surface area contributed by atoms with E-state index in [1.54, 1.807) is 18.5 Å². The highest BCUT2D eigenvalue weighted by Crippen LogP contribution is 2.14. The molecular weight excluding hydrogens is 266 g/mol. The molecule has 0 fully saturated rings. The molecule has 118 valence electrons. The minimum atomic E-state index is -0.00704. The van der Waals surface area contributed by atoms with Crippen molar-refractivity contribution in [1.82, 2.24) is 14.8 Å². The van der Waals surface area contributed by atoms with E-state index in [1.807, 2.05) is 11.8 Å². The van der Waals surface area contributed by atoms with Crippen LogP contribution in [0.1, 0.15) is 37.6 Å². The number of nitrogens with zero attached hydrogens (tertiary/aromatic N) is 3. The zero-order valence-electron chi connectivity index (χ0n) is 13.3. The lowest BCUT2D eigenvalue weighted by atomic mass is 10.2. The second kappa shape index (κ2) is 9.31. The number of rotatable bonds is 9.